The van der Waals surface area contributed by atoms with Crippen LogP contribution < -0.4 is 4.74 Å². The molecule has 0 aliphatic heterocycles. The number of hydrogen-bond acceptors (Lipinski definition) is 3. The summed E-state index contributed by atoms with van der Waals surface area (Å²) in [6.07, 6.45) is -0.856. The van der Waals surface area contributed by atoms with E-state index in [0.717, 1.165) is 6.07 Å². The third-order valence-corrected chi connectivity index (χ3v) is 1.38. The monoisotopic (exact) mass is 184 g/mol. The summed E-state index contributed by atoms with van der Waals surface area (Å²) in [5.41, 5.74) is 0.680. The lowest BCUT2D eigenvalue weighted by atomic mass is 10.2. The second kappa shape index (κ2) is 3.89. The molecule has 70 valence electrons. The summed E-state index contributed by atoms with van der Waals surface area (Å²) in [6, 6.07) is 3.99. The van der Waals surface area contributed by atoms with E-state index in [0.29, 0.717) is 5.56 Å². The molecule has 1 aromatic rings. The number of aryl methyl sites for hydroxylation is 1. The van der Waals surface area contributed by atoms with Gasteiger partial charge in [0.2, 0.25) is 0 Å². The molecule has 0 atom stereocenters. The maximum atomic E-state index is 12.8. The molecule has 0 heterocycles. The topological polar surface area (TPSA) is 35.5 Å². The molecule has 0 saturated carbocycles. The summed E-state index contributed by atoms with van der Waals surface area (Å²) >= 11 is 0. The number of methoxy groups -OCH3 is 1. The fourth-order valence-electron chi connectivity index (χ4n) is 0.900. The molecule has 4 heteroatoms. The molecule has 0 spiro atoms. The second-order valence-electron chi connectivity index (χ2n) is 2.52. The summed E-state index contributed by atoms with van der Waals surface area (Å²) < 4.78 is 21.6. The lowest BCUT2D eigenvalue weighted by molar-refractivity contribution is 0.121. The van der Waals surface area contributed by atoms with Crippen molar-refractivity contribution in [3.8, 4) is 5.75 Å². The van der Waals surface area contributed by atoms with E-state index >= 15 is 0 Å². The third-order valence-electron chi connectivity index (χ3n) is 1.38. The van der Waals surface area contributed by atoms with Gasteiger partial charge in [-0.1, -0.05) is 0 Å². The Balaban J connectivity index is 2.83. The van der Waals surface area contributed by atoms with Crippen molar-refractivity contribution in [3.63, 3.8) is 0 Å². The van der Waals surface area contributed by atoms with Crippen molar-refractivity contribution in [2.24, 2.45) is 0 Å². The van der Waals surface area contributed by atoms with E-state index in [1.165, 1.54) is 13.2 Å². The van der Waals surface area contributed by atoms with Crippen molar-refractivity contribution in [1.82, 2.24) is 0 Å². The molecule has 1 aromatic carbocycles. The van der Waals surface area contributed by atoms with Crippen LogP contribution in [0.25, 0.3) is 0 Å². The minimum atomic E-state index is -0.856. The average Bonchev–Trinajstić information content (AvgIpc) is 2.02. The number of carbonyl (C=O) groups excluding carboxylic acids is 1. The highest BCUT2D eigenvalue weighted by Crippen LogP contribution is 2.15. The summed E-state index contributed by atoms with van der Waals surface area (Å²) in [5, 5.41) is 0. The van der Waals surface area contributed by atoms with Crippen LogP contribution >= 0.6 is 0 Å². The minimum absolute atomic E-state index is 0.143. The molecule has 3 nitrogen and oxygen atoms in total. The number of halogens is 1. The van der Waals surface area contributed by atoms with Gasteiger partial charge in [-0.2, -0.15) is 0 Å². The lowest BCUT2D eigenvalue weighted by Crippen LogP contribution is -2.07. The van der Waals surface area contributed by atoms with Crippen LogP contribution in [0, 0.1) is 12.7 Å². The zero-order chi connectivity index (χ0) is 9.84. The summed E-state index contributed by atoms with van der Waals surface area (Å²) in [6.45, 7) is 1.70. The molecule has 0 aromatic heterocycles. The van der Waals surface area contributed by atoms with Gasteiger partial charge in [-0.25, -0.2) is 9.18 Å². The molecule has 0 saturated heterocycles. The zero-order valence-corrected chi connectivity index (χ0v) is 7.33. The van der Waals surface area contributed by atoms with E-state index in [4.69, 9.17) is 0 Å². The van der Waals surface area contributed by atoms with Gasteiger partial charge < -0.3 is 9.47 Å². The second-order valence-corrected chi connectivity index (χ2v) is 2.52. The van der Waals surface area contributed by atoms with Gasteiger partial charge in [-0.3, -0.25) is 0 Å². The minimum Gasteiger partial charge on any atom is -0.437 e. The molecule has 1 rings (SSSR count). The van der Waals surface area contributed by atoms with Crippen LogP contribution in [0.5, 0.6) is 5.75 Å². The van der Waals surface area contributed by atoms with Crippen LogP contribution in [-0.4, -0.2) is 13.3 Å². The van der Waals surface area contributed by atoms with Crippen LogP contribution in [0.2, 0.25) is 0 Å². The Hall–Kier alpha value is -1.58. The van der Waals surface area contributed by atoms with Gasteiger partial charge in [0.05, 0.1) is 7.11 Å². The number of rotatable bonds is 1. The highest BCUT2D eigenvalue weighted by molar-refractivity contribution is 5.63. The Bertz CT molecular complexity index is 302. The molecular weight excluding hydrogens is 175 g/mol. The maximum Gasteiger partial charge on any atom is 0.513 e. The molecule has 0 radical (unpaired) electrons. The van der Waals surface area contributed by atoms with Crippen LogP contribution in [0.15, 0.2) is 18.2 Å². The van der Waals surface area contributed by atoms with Crippen molar-refractivity contribution in [2.45, 2.75) is 6.92 Å². The maximum absolute atomic E-state index is 12.8. The summed E-state index contributed by atoms with van der Waals surface area (Å²) in [5.74, 6) is -0.303. The fourth-order valence-corrected chi connectivity index (χ4v) is 0.900. The standard InChI is InChI=1S/C9H9FO3/c1-6-3-7(10)5-8(4-6)13-9(11)12-2/h3-5H,1-2H3. The molecule has 0 N–H and O–H groups in total. The molecule has 13 heavy (non-hydrogen) atoms. The van der Waals surface area contributed by atoms with Crippen LogP contribution in [0.4, 0.5) is 9.18 Å². The predicted octanol–water partition coefficient (Wildman–Crippen LogP) is 2.28. The number of hydrogen-bond donors (Lipinski definition) is 0. The first-order valence-corrected chi connectivity index (χ1v) is 3.65. The van der Waals surface area contributed by atoms with Crippen molar-refractivity contribution < 1.29 is 18.7 Å². The number of benzene rings is 1. The Morgan fingerprint density at radius 2 is 2.08 bits per heavy atom. The number of carbonyl (C=O) groups is 1. The first-order valence-electron chi connectivity index (χ1n) is 3.65. The van der Waals surface area contributed by atoms with Gasteiger partial charge >= 0.3 is 6.16 Å². The van der Waals surface area contributed by atoms with Crippen molar-refractivity contribution in [2.75, 3.05) is 7.11 Å². The molecular formula is C9H9FO3. The van der Waals surface area contributed by atoms with Gasteiger partial charge in [0.1, 0.15) is 11.6 Å². The predicted molar refractivity (Wildman–Crippen MR) is 44.2 cm³/mol. The van der Waals surface area contributed by atoms with Crippen LogP contribution in [0.1, 0.15) is 5.56 Å². The fraction of sp³-hybridized carbons (Fsp3) is 0.222. The smallest absolute Gasteiger partial charge is 0.437 e. The molecule has 0 fully saturated rings. The molecule has 0 amide bonds. The third kappa shape index (κ3) is 2.74. The lowest BCUT2D eigenvalue weighted by Gasteiger charge is -2.03. The Morgan fingerprint density at radius 1 is 1.38 bits per heavy atom. The van der Waals surface area contributed by atoms with E-state index < -0.39 is 12.0 Å². The Kier molecular flexibility index (Phi) is 2.84. The highest BCUT2D eigenvalue weighted by Gasteiger charge is 2.04. The van der Waals surface area contributed by atoms with E-state index in [1.807, 2.05) is 0 Å². The quantitative estimate of drug-likeness (QED) is 0.496. The first kappa shape index (κ1) is 9.51. The largest absolute Gasteiger partial charge is 0.513 e. The average molecular weight is 184 g/mol. The normalized spacial score (nSPS) is 9.46. The zero-order valence-electron chi connectivity index (χ0n) is 7.33. The van der Waals surface area contributed by atoms with Gasteiger partial charge in [-0.05, 0) is 24.6 Å². The van der Waals surface area contributed by atoms with E-state index in [9.17, 15) is 9.18 Å². The molecule has 0 aliphatic carbocycles. The summed E-state index contributed by atoms with van der Waals surface area (Å²) in [7, 11) is 1.19. The van der Waals surface area contributed by atoms with Crippen molar-refractivity contribution in [3.05, 3.63) is 29.6 Å². The van der Waals surface area contributed by atoms with Crippen LogP contribution in [0.3, 0.4) is 0 Å². The van der Waals surface area contributed by atoms with E-state index in [-0.39, 0.29) is 5.75 Å². The molecule has 0 bridgehead atoms. The highest BCUT2D eigenvalue weighted by atomic mass is 19.1. The van der Waals surface area contributed by atoms with Gasteiger partial charge in [-0.15, -0.1) is 0 Å². The van der Waals surface area contributed by atoms with Crippen molar-refractivity contribution >= 4 is 6.16 Å². The van der Waals surface area contributed by atoms with E-state index in [1.54, 1.807) is 13.0 Å². The van der Waals surface area contributed by atoms with Gasteiger partial charge in [0.15, 0.2) is 0 Å². The number of ether oxygens (including phenoxy) is 2. The Labute approximate surface area is 75.1 Å². The van der Waals surface area contributed by atoms with Crippen molar-refractivity contribution in [1.29, 1.82) is 0 Å². The van der Waals surface area contributed by atoms with Gasteiger partial charge in [0.25, 0.3) is 0 Å². The van der Waals surface area contributed by atoms with Gasteiger partial charge in [0, 0.05) is 6.07 Å². The molecule has 0 aliphatic rings. The first-order chi connectivity index (χ1) is 6.11. The molecule has 0 unspecified atom stereocenters. The SMILES string of the molecule is COC(=O)Oc1cc(C)cc(F)c1. The Morgan fingerprint density at radius 3 is 2.62 bits per heavy atom. The summed E-state index contributed by atoms with van der Waals surface area (Å²) in [4.78, 5) is 10.6. The van der Waals surface area contributed by atoms with E-state index in [2.05, 4.69) is 9.47 Å². The van der Waals surface area contributed by atoms with Crippen LogP contribution in [-0.2, 0) is 4.74 Å².